The highest BCUT2D eigenvalue weighted by Gasteiger charge is 2.23. The van der Waals surface area contributed by atoms with E-state index in [1.807, 2.05) is 30.7 Å². The van der Waals surface area contributed by atoms with Crippen molar-refractivity contribution in [1.82, 2.24) is 14.3 Å². The zero-order chi connectivity index (χ0) is 17.7. The molecule has 2 N–H and O–H groups in total. The van der Waals surface area contributed by atoms with Crippen LogP contribution in [0.25, 0.3) is 0 Å². The number of sulfonamides is 1. The molecule has 0 unspecified atom stereocenters. The largest absolute Gasteiger partial charge is 0.394 e. The highest BCUT2D eigenvalue weighted by Crippen LogP contribution is 2.21. The topological polar surface area (TPSA) is 93.5 Å². The van der Waals surface area contributed by atoms with E-state index in [9.17, 15) is 8.42 Å². The third kappa shape index (κ3) is 4.64. The zero-order valence-corrected chi connectivity index (χ0v) is 15.6. The van der Waals surface area contributed by atoms with Gasteiger partial charge in [-0.3, -0.25) is 0 Å². The second kappa shape index (κ2) is 8.21. The fourth-order valence-corrected chi connectivity index (χ4v) is 4.03. The van der Waals surface area contributed by atoms with Crippen molar-refractivity contribution in [2.75, 3.05) is 19.8 Å². The van der Waals surface area contributed by atoms with Gasteiger partial charge in [-0.1, -0.05) is 13.8 Å². The Labute approximate surface area is 146 Å². The van der Waals surface area contributed by atoms with Crippen LogP contribution in [0, 0.1) is 0 Å². The van der Waals surface area contributed by atoms with E-state index in [4.69, 9.17) is 9.84 Å². The lowest BCUT2D eigenvalue weighted by Gasteiger charge is -2.16. The first-order chi connectivity index (χ1) is 11.3. The van der Waals surface area contributed by atoms with Crippen LogP contribution in [0.3, 0.4) is 0 Å². The Morgan fingerprint density at radius 3 is 2.75 bits per heavy atom. The molecule has 7 nitrogen and oxygen atoms in total. The molecule has 2 heterocycles. The molecule has 0 aliphatic heterocycles. The quantitative estimate of drug-likeness (QED) is 0.697. The lowest BCUT2D eigenvalue weighted by atomic mass is 10.2. The lowest BCUT2D eigenvalue weighted by molar-refractivity contribution is 0.0311. The third-order valence-electron chi connectivity index (χ3n) is 3.47. The van der Waals surface area contributed by atoms with Gasteiger partial charge < -0.3 is 14.4 Å². The van der Waals surface area contributed by atoms with E-state index in [-0.39, 0.29) is 30.7 Å². The van der Waals surface area contributed by atoms with E-state index in [1.54, 1.807) is 11.6 Å². The minimum atomic E-state index is -3.73. The number of hydrogen-bond acceptors (Lipinski definition) is 6. The maximum atomic E-state index is 12.5. The van der Waals surface area contributed by atoms with Gasteiger partial charge in [-0.15, -0.1) is 0 Å². The van der Waals surface area contributed by atoms with Crippen LogP contribution in [0.15, 0.2) is 28.0 Å². The van der Waals surface area contributed by atoms with Crippen LogP contribution >= 0.6 is 11.3 Å². The summed E-state index contributed by atoms with van der Waals surface area (Å²) in [7, 11) is -1.95. The number of thiophene rings is 1. The van der Waals surface area contributed by atoms with Crippen molar-refractivity contribution in [3.63, 3.8) is 0 Å². The van der Waals surface area contributed by atoms with Crippen molar-refractivity contribution < 1.29 is 18.3 Å². The Bertz CT molecular complexity index is 739. The average Bonchev–Trinajstić information content (AvgIpc) is 3.17. The smallest absolute Gasteiger partial charge is 0.259 e. The van der Waals surface area contributed by atoms with Gasteiger partial charge in [0.15, 0.2) is 5.03 Å². The molecule has 0 saturated carbocycles. The molecular formula is C15H23N3O4S2. The fourth-order valence-electron chi connectivity index (χ4n) is 2.30. The van der Waals surface area contributed by atoms with Crippen molar-refractivity contribution in [3.8, 4) is 0 Å². The van der Waals surface area contributed by atoms with Crippen LogP contribution in [-0.2, 0) is 21.8 Å². The standard InChI is InChI=1S/C15H23N3O4S2/c1-11(2)15-17-14(9-18(15)3)24(20,21)16-8-13(22-6-5-19)12-4-7-23-10-12/h4,7,9-11,13,16,19H,5-6,8H2,1-3H3/t13-/m1/s1. The Hall–Kier alpha value is -1.26. The van der Waals surface area contributed by atoms with Crippen LogP contribution in [0.1, 0.15) is 37.3 Å². The molecule has 24 heavy (non-hydrogen) atoms. The molecule has 134 valence electrons. The minimum Gasteiger partial charge on any atom is -0.394 e. The highest BCUT2D eigenvalue weighted by molar-refractivity contribution is 7.89. The van der Waals surface area contributed by atoms with Gasteiger partial charge >= 0.3 is 0 Å². The number of aliphatic hydroxyl groups is 1. The summed E-state index contributed by atoms with van der Waals surface area (Å²) in [6.07, 6.45) is 1.05. The molecule has 0 spiro atoms. The summed E-state index contributed by atoms with van der Waals surface area (Å²) >= 11 is 1.50. The molecule has 0 radical (unpaired) electrons. The predicted octanol–water partition coefficient (Wildman–Crippen LogP) is 1.63. The summed E-state index contributed by atoms with van der Waals surface area (Å²) in [5.41, 5.74) is 0.875. The first-order valence-corrected chi connectivity index (χ1v) is 10.0. The second-order valence-corrected chi connectivity index (χ2v) is 8.19. The van der Waals surface area contributed by atoms with Crippen molar-refractivity contribution >= 4 is 21.4 Å². The van der Waals surface area contributed by atoms with Crippen molar-refractivity contribution in [1.29, 1.82) is 0 Å². The van der Waals surface area contributed by atoms with E-state index in [0.717, 1.165) is 5.56 Å². The SMILES string of the molecule is CC(C)c1nc(S(=O)(=O)NC[C@@H](OCCO)c2ccsc2)cn1C. The van der Waals surface area contributed by atoms with E-state index in [2.05, 4.69) is 9.71 Å². The molecule has 2 aromatic rings. The molecule has 0 fully saturated rings. The van der Waals surface area contributed by atoms with Crippen LogP contribution < -0.4 is 4.72 Å². The molecule has 2 rings (SSSR count). The number of nitrogens with one attached hydrogen (secondary N) is 1. The number of aromatic nitrogens is 2. The number of ether oxygens (including phenoxy) is 1. The maximum absolute atomic E-state index is 12.5. The lowest BCUT2D eigenvalue weighted by Crippen LogP contribution is -2.30. The van der Waals surface area contributed by atoms with Gasteiger partial charge in [-0.2, -0.15) is 11.3 Å². The van der Waals surface area contributed by atoms with Crippen molar-refractivity contribution in [2.45, 2.75) is 30.9 Å². The molecular weight excluding hydrogens is 350 g/mol. The Kier molecular flexibility index (Phi) is 6.53. The molecule has 9 heteroatoms. The van der Waals surface area contributed by atoms with Crippen molar-refractivity contribution in [2.24, 2.45) is 7.05 Å². The van der Waals surface area contributed by atoms with Gasteiger partial charge in [0.1, 0.15) is 5.82 Å². The number of rotatable bonds is 9. The summed E-state index contributed by atoms with van der Waals surface area (Å²) in [6, 6.07) is 1.87. The molecule has 1 atom stereocenters. The van der Waals surface area contributed by atoms with Crippen molar-refractivity contribution in [3.05, 3.63) is 34.4 Å². The predicted molar refractivity (Wildman–Crippen MR) is 92.6 cm³/mol. The van der Waals surface area contributed by atoms with Gasteiger partial charge in [0.05, 0.1) is 19.3 Å². The van der Waals surface area contributed by atoms with Gasteiger partial charge in [0.2, 0.25) is 0 Å². The maximum Gasteiger partial charge on any atom is 0.259 e. The fraction of sp³-hybridized carbons (Fsp3) is 0.533. The average molecular weight is 374 g/mol. The summed E-state index contributed by atoms with van der Waals surface area (Å²) in [5, 5.41) is 12.7. The molecule has 2 aromatic heterocycles. The first-order valence-electron chi connectivity index (χ1n) is 7.62. The van der Waals surface area contributed by atoms with E-state index in [0.29, 0.717) is 5.82 Å². The normalized spacial score (nSPS) is 13.5. The summed E-state index contributed by atoms with van der Waals surface area (Å²) < 4.78 is 34.8. The summed E-state index contributed by atoms with van der Waals surface area (Å²) in [4.78, 5) is 4.22. The van der Waals surface area contributed by atoms with Crippen LogP contribution in [0.5, 0.6) is 0 Å². The number of aryl methyl sites for hydroxylation is 1. The van der Waals surface area contributed by atoms with Gasteiger partial charge in [-0.25, -0.2) is 18.1 Å². The van der Waals surface area contributed by atoms with Crippen LogP contribution in [0.4, 0.5) is 0 Å². The zero-order valence-electron chi connectivity index (χ0n) is 14.0. The summed E-state index contributed by atoms with van der Waals surface area (Å²) in [5.74, 6) is 0.840. The molecule has 0 amide bonds. The van der Waals surface area contributed by atoms with Gasteiger partial charge in [-0.05, 0) is 22.4 Å². The van der Waals surface area contributed by atoms with Crippen LogP contribution in [-0.4, -0.2) is 42.8 Å². The molecule has 0 saturated heterocycles. The third-order valence-corrected chi connectivity index (χ3v) is 5.46. The molecule has 0 bridgehead atoms. The Morgan fingerprint density at radius 2 is 2.21 bits per heavy atom. The van der Waals surface area contributed by atoms with Gasteiger partial charge in [0, 0.05) is 25.7 Å². The number of imidazole rings is 1. The summed E-state index contributed by atoms with van der Waals surface area (Å²) in [6.45, 7) is 4.02. The van der Waals surface area contributed by atoms with E-state index < -0.39 is 16.1 Å². The minimum absolute atomic E-state index is 0.0000678. The molecule has 0 aliphatic carbocycles. The molecule has 0 aliphatic rings. The van der Waals surface area contributed by atoms with E-state index >= 15 is 0 Å². The molecule has 0 aromatic carbocycles. The van der Waals surface area contributed by atoms with Gasteiger partial charge in [0.25, 0.3) is 10.0 Å². The number of aliphatic hydroxyl groups excluding tert-OH is 1. The number of hydrogen-bond donors (Lipinski definition) is 2. The van der Waals surface area contributed by atoms with Crippen LogP contribution in [0.2, 0.25) is 0 Å². The second-order valence-electron chi connectivity index (χ2n) is 5.69. The Balaban J connectivity index is 2.11. The monoisotopic (exact) mass is 373 g/mol. The Morgan fingerprint density at radius 1 is 1.46 bits per heavy atom. The first kappa shape index (κ1) is 19.1. The number of nitrogens with zero attached hydrogens (tertiary/aromatic N) is 2. The highest BCUT2D eigenvalue weighted by atomic mass is 32.2. The van der Waals surface area contributed by atoms with E-state index in [1.165, 1.54) is 17.5 Å².